The Balaban J connectivity index is 2.02. The quantitative estimate of drug-likeness (QED) is 0.612. The van der Waals surface area contributed by atoms with Crippen LogP contribution in [0, 0.1) is 0 Å². The Morgan fingerprint density at radius 3 is 3.05 bits per heavy atom. The van der Waals surface area contributed by atoms with Crippen molar-refractivity contribution in [1.29, 1.82) is 0 Å². The molecule has 3 rings (SSSR count). The van der Waals surface area contributed by atoms with Gasteiger partial charge < -0.3 is 14.7 Å². The predicted molar refractivity (Wildman–Crippen MR) is 76.1 cm³/mol. The fraction of sp³-hybridized carbons (Fsp3) is 0.538. The van der Waals surface area contributed by atoms with Gasteiger partial charge in [0.25, 0.3) is 0 Å². The second-order valence-electron chi connectivity index (χ2n) is 5.03. The van der Waals surface area contributed by atoms with Crippen LogP contribution in [-0.2, 0) is 0 Å². The van der Waals surface area contributed by atoms with Crippen LogP contribution in [0.5, 0.6) is 0 Å². The molecule has 0 spiro atoms. The Labute approximate surface area is 112 Å². The Kier molecular flexibility index (Phi) is 3.25. The fourth-order valence-electron chi connectivity index (χ4n) is 2.35. The van der Waals surface area contributed by atoms with Crippen LogP contribution in [0.25, 0.3) is 5.65 Å². The molecule has 0 unspecified atom stereocenters. The average Bonchev–Trinajstić information content (AvgIpc) is 3.16. The lowest BCUT2D eigenvalue weighted by Crippen LogP contribution is -2.29. The number of nitrogens with two attached hydrogens (primary N) is 1. The van der Waals surface area contributed by atoms with E-state index < -0.39 is 0 Å². The summed E-state index contributed by atoms with van der Waals surface area (Å²) in [5, 5.41) is 0. The maximum absolute atomic E-state index is 5.51. The van der Waals surface area contributed by atoms with Crippen LogP contribution < -0.4 is 16.2 Å². The molecule has 2 aromatic rings. The van der Waals surface area contributed by atoms with E-state index in [4.69, 9.17) is 5.84 Å². The third-order valence-corrected chi connectivity index (χ3v) is 3.52. The van der Waals surface area contributed by atoms with Crippen LogP contribution in [0.3, 0.4) is 0 Å². The van der Waals surface area contributed by atoms with Gasteiger partial charge in [-0.05, 0) is 19.3 Å². The minimum Gasteiger partial charge on any atom is -0.350 e. The first-order valence-corrected chi connectivity index (χ1v) is 6.90. The van der Waals surface area contributed by atoms with E-state index >= 15 is 0 Å². The standard InChI is InChI=1S/C13H20N6/c1-2-3-7-19(10-4-5-10)13-12-15-6-8-18(12)9-11(16-13)17-14/h6,8-10,17H,2-5,7,14H2,1H3. The molecule has 102 valence electrons. The zero-order valence-corrected chi connectivity index (χ0v) is 11.2. The number of anilines is 2. The van der Waals surface area contributed by atoms with E-state index in [0.717, 1.165) is 18.0 Å². The summed E-state index contributed by atoms with van der Waals surface area (Å²) in [6, 6.07) is 0.618. The number of nitrogens with one attached hydrogen (secondary N) is 1. The summed E-state index contributed by atoms with van der Waals surface area (Å²) in [4.78, 5) is 11.4. The van der Waals surface area contributed by atoms with Gasteiger partial charge in [0, 0.05) is 25.0 Å². The average molecular weight is 260 g/mol. The van der Waals surface area contributed by atoms with Crippen LogP contribution in [0.15, 0.2) is 18.6 Å². The first-order valence-electron chi connectivity index (χ1n) is 6.90. The van der Waals surface area contributed by atoms with Crippen molar-refractivity contribution in [2.45, 2.75) is 38.6 Å². The van der Waals surface area contributed by atoms with E-state index in [1.54, 1.807) is 6.20 Å². The van der Waals surface area contributed by atoms with Crippen LogP contribution in [0.4, 0.5) is 11.6 Å². The molecule has 6 nitrogen and oxygen atoms in total. The molecule has 1 saturated carbocycles. The number of nitrogen functional groups attached to an aromatic ring is 1. The lowest BCUT2D eigenvalue weighted by molar-refractivity contribution is 0.705. The summed E-state index contributed by atoms with van der Waals surface area (Å²) in [7, 11) is 0. The summed E-state index contributed by atoms with van der Waals surface area (Å²) >= 11 is 0. The van der Waals surface area contributed by atoms with Crippen molar-refractivity contribution in [2.75, 3.05) is 16.9 Å². The Hall–Kier alpha value is -1.82. The monoisotopic (exact) mass is 260 g/mol. The van der Waals surface area contributed by atoms with Gasteiger partial charge in [0.05, 0.1) is 6.20 Å². The summed E-state index contributed by atoms with van der Waals surface area (Å²) in [6.45, 7) is 3.24. The number of rotatable bonds is 6. The van der Waals surface area contributed by atoms with E-state index in [2.05, 4.69) is 27.2 Å². The molecular weight excluding hydrogens is 240 g/mol. The van der Waals surface area contributed by atoms with Crippen LogP contribution in [0.1, 0.15) is 32.6 Å². The number of imidazole rings is 1. The van der Waals surface area contributed by atoms with Gasteiger partial charge in [0.15, 0.2) is 17.3 Å². The van der Waals surface area contributed by atoms with Gasteiger partial charge in [-0.1, -0.05) is 13.3 Å². The van der Waals surface area contributed by atoms with Crippen molar-refractivity contribution in [2.24, 2.45) is 5.84 Å². The number of nitrogens with zero attached hydrogens (tertiary/aromatic N) is 4. The third-order valence-electron chi connectivity index (χ3n) is 3.52. The van der Waals surface area contributed by atoms with Crippen molar-refractivity contribution in [3.05, 3.63) is 18.6 Å². The minimum absolute atomic E-state index is 0.618. The van der Waals surface area contributed by atoms with E-state index in [1.807, 2.05) is 16.8 Å². The van der Waals surface area contributed by atoms with Crippen LogP contribution in [-0.4, -0.2) is 27.0 Å². The van der Waals surface area contributed by atoms with E-state index in [-0.39, 0.29) is 0 Å². The first-order chi connectivity index (χ1) is 9.33. The predicted octanol–water partition coefficient (Wildman–Crippen LogP) is 1.78. The molecule has 2 aromatic heterocycles. The third kappa shape index (κ3) is 2.35. The van der Waals surface area contributed by atoms with Gasteiger partial charge in [-0.25, -0.2) is 15.8 Å². The largest absolute Gasteiger partial charge is 0.350 e. The highest BCUT2D eigenvalue weighted by Crippen LogP contribution is 2.33. The first kappa shape index (κ1) is 12.2. The fourth-order valence-corrected chi connectivity index (χ4v) is 2.35. The Morgan fingerprint density at radius 1 is 1.53 bits per heavy atom. The molecule has 0 bridgehead atoms. The molecular formula is C13H20N6. The van der Waals surface area contributed by atoms with Gasteiger partial charge in [0.1, 0.15) is 0 Å². The molecule has 1 aliphatic carbocycles. The van der Waals surface area contributed by atoms with Crippen LogP contribution in [0.2, 0.25) is 0 Å². The molecule has 2 heterocycles. The summed E-state index contributed by atoms with van der Waals surface area (Å²) in [6.07, 6.45) is 10.4. The van der Waals surface area contributed by atoms with Crippen molar-refractivity contribution in [1.82, 2.24) is 14.4 Å². The lowest BCUT2D eigenvalue weighted by atomic mass is 10.3. The SMILES string of the molecule is CCCCN(c1nc(NN)cn2ccnc12)C1CC1. The molecule has 0 amide bonds. The topological polar surface area (TPSA) is 71.5 Å². The minimum atomic E-state index is 0.618. The smallest absolute Gasteiger partial charge is 0.180 e. The molecule has 0 saturated heterocycles. The number of hydrogen-bond donors (Lipinski definition) is 2. The normalized spacial score (nSPS) is 14.8. The summed E-state index contributed by atoms with van der Waals surface area (Å²) in [5.41, 5.74) is 3.54. The van der Waals surface area contributed by atoms with Gasteiger partial charge in [-0.3, -0.25) is 0 Å². The van der Waals surface area contributed by atoms with E-state index in [0.29, 0.717) is 11.9 Å². The van der Waals surface area contributed by atoms with Gasteiger partial charge >= 0.3 is 0 Å². The number of fused-ring (bicyclic) bond motifs is 1. The maximum atomic E-state index is 5.51. The molecule has 1 fully saturated rings. The molecule has 0 aromatic carbocycles. The highest BCUT2D eigenvalue weighted by molar-refractivity contribution is 5.67. The molecule has 19 heavy (non-hydrogen) atoms. The zero-order valence-electron chi connectivity index (χ0n) is 11.2. The van der Waals surface area contributed by atoms with Crippen molar-refractivity contribution in [3.8, 4) is 0 Å². The maximum Gasteiger partial charge on any atom is 0.180 e. The van der Waals surface area contributed by atoms with E-state index in [9.17, 15) is 0 Å². The number of unbranched alkanes of at least 4 members (excludes halogenated alkanes) is 1. The van der Waals surface area contributed by atoms with Gasteiger partial charge in [-0.15, -0.1) is 0 Å². The molecule has 0 radical (unpaired) electrons. The van der Waals surface area contributed by atoms with Gasteiger partial charge in [-0.2, -0.15) is 0 Å². The Bertz CT molecular complexity index is 559. The highest BCUT2D eigenvalue weighted by Gasteiger charge is 2.31. The summed E-state index contributed by atoms with van der Waals surface area (Å²) < 4.78 is 1.97. The molecule has 3 N–H and O–H groups in total. The van der Waals surface area contributed by atoms with Crippen molar-refractivity contribution >= 4 is 17.3 Å². The second-order valence-corrected chi connectivity index (χ2v) is 5.03. The molecule has 0 atom stereocenters. The zero-order chi connectivity index (χ0) is 13.2. The highest BCUT2D eigenvalue weighted by atomic mass is 15.3. The molecule has 6 heteroatoms. The van der Waals surface area contributed by atoms with Crippen molar-refractivity contribution < 1.29 is 0 Å². The summed E-state index contributed by atoms with van der Waals surface area (Å²) in [5.74, 6) is 7.12. The lowest BCUT2D eigenvalue weighted by Gasteiger charge is -2.24. The number of hydrogen-bond acceptors (Lipinski definition) is 5. The second kappa shape index (κ2) is 5.05. The van der Waals surface area contributed by atoms with E-state index in [1.165, 1.54) is 25.7 Å². The number of hydrazine groups is 1. The molecule has 0 aliphatic heterocycles. The Morgan fingerprint density at radius 2 is 2.37 bits per heavy atom. The van der Waals surface area contributed by atoms with Crippen LogP contribution >= 0.6 is 0 Å². The van der Waals surface area contributed by atoms with Gasteiger partial charge in [0.2, 0.25) is 0 Å². The molecule has 1 aliphatic rings. The van der Waals surface area contributed by atoms with Crippen molar-refractivity contribution in [3.63, 3.8) is 0 Å². The number of aromatic nitrogens is 3.